The summed E-state index contributed by atoms with van der Waals surface area (Å²) in [6, 6.07) is 10.9. The van der Waals surface area contributed by atoms with Gasteiger partial charge in [-0.25, -0.2) is 0 Å². The van der Waals surface area contributed by atoms with Gasteiger partial charge in [0, 0.05) is 17.7 Å². The molecule has 1 N–H and O–H groups in total. The van der Waals surface area contributed by atoms with Crippen molar-refractivity contribution in [1.29, 1.82) is 0 Å². The van der Waals surface area contributed by atoms with Crippen molar-refractivity contribution >= 4 is 45.2 Å². The lowest BCUT2D eigenvalue weighted by atomic mass is 10.1. The summed E-state index contributed by atoms with van der Waals surface area (Å²) >= 11 is 7.40. The Bertz CT molecular complexity index is 1230. The van der Waals surface area contributed by atoms with Crippen LogP contribution in [0, 0.1) is 17.0 Å². The van der Waals surface area contributed by atoms with E-state index in [-0.39, 0.29) is 16.3 Å². The molecule has 0 aliphatic heterocycles. The average molecular weight is 415 g/mol. The molecular weight excluding hydrogens is 404 g/mol. The Labute approximate surface area is 166 Å². The molecule has 0 atom stereocenters. The Morgan fingerprint density at radius 3 is 2.75 bits per heavy atom. The predicted molar refractivity (Wildman–Crippen MR) is 105 cm³/mol. The van der Waals surface area contributed by atoms with Crippen LogP contribution in [0.3, 0.4) is 0 Å². The van der Waals surface area contributed by atoms with E-state index in [1.807, 2.05) is 12.1 Å². The van der Waals surface area contributed by atoms with Gasteiger partial charge in [-0.2, -0.15) is 9.61 Å². The van der Waals surface area contributed by atoms with E-state index in [2.05, 4.69) is 20.6 Å². The summed E-state index contributed by atoms with van der Waals surface area (Å²) < 4.78 is 1.63. The number of aryl methyl sites for hydroxylation is 1. The lowest BCUT2D eigenvalue weighted by Gasteiger charge is -2.10. The van der Waals surface area contributed by atoms with Gasteiger partial charge >= 0.3 is 0 Å². The third-order valence-corrected chi connectivity index (χ3v) is 5.21. The van der Waals surface area contributed by atoms with E-state index in [1.54, 1.807) is 23.6 Å². The van der Waals surface area contributed by atoms with Gasteiger partial charge in [-0.15, -0.1) is 10.2 Å². The molecule has 0 radical (unpaired) electrons. The molecule has 0 bridgehead atoms. The monoisotopic (exact) mass is 414 g/mol. The zero-order chi connectivity index (χ0) is 19.8. The van der Waals surface area contributed by atoms with Crippen molar-refractivity contribution in [2.24, 2.45) is 0 Å². The van der Waals surface area contributed by atoms with Crippen LogP contribution in [0.15, 0.2) is 42.5 Å². The van der Waals surface area contributed by atoms with Crippen molar-refractivity contribution in [3.8, 4) is 10.6 Å². The number of benzene rings is 2. The largest absolute Gasteiger partial charge is 0.321 e. The topological polar surface area (TPSA) is 115 Å². The van der Waals surface area contributed by atoms with Gasteiger partial charge in [0.05, 0.1) is 21.2 Å². The Hall–Kier alpha value is -3.37. The Morgan fingerprint density at radius 2 is 2.04 bits per heavy atom. The highest BCUT2D eigenvalue weighted by atomic mass is 35.5. The Kier molecular flexibility index (Phi) is 4.49. The Morgan fingerprint density at radius 1 is 1.25 bits per heavy atom. The maximum absolute atomic E-state index is 12.7. The zero-order valence-corrected chi connectivity index (χ0v) is 15.9. The number of para-hydroxylation sites is 1. The molecule has 1 amide bonds. The molecule has 0 unspecified atom stereocenters. The fourth-order valence-corrected chi connectivity index (χ4v) is 3.78. The highest BCUT2D eigenvalue weighted by Crippen LogP contribution is 2.32. The van der Waals surface area contributed by atoms with Crippen molar-refractivity contribution in [2.45, 2.75) is 6.92 Å². The number of hydrogen-bond donors (Lipinski definition) is 1. The molecule has 4 rings (SSSR count). The van der Waals surface area contributed by atoms with Gasteiger partial charge in [0.15, 0.2) is 5.82 Å². The number of nitrogens with zero attached hydrogens (tertiary/aromatic N) is 5. The van der Waals surface area contributed by atoms with Crippen molar-refractivity contribution in [3.05, 3.63) is 69.0 Å². The number of non-ortho nitro benzene ring substituents is 1. The van der Waals surface area contributed by atoms with Crippen molar-refractivity contribution < 1.29 is 9.72 Å². The smallest absolute Gasteiger partial charge is 0.270 e. The number of carbonyl (C=O) groups is 1. The molecule has 0 spiro atoms. The summed E-state index contributed by atoms with van der Waals surface area (Å²) in [5, 5.41) is 26.8. The molecule has 11 heteroatoms. The number of nitrogens with one attached hydrogen (secondary N) is 1. The van der Waals surface area contributed by atoms with Gasteiger partial charge in [-0.1, -0.05) is 35.1 Å². The van der Waals surface area contributed by atoms with Crippen LogP contribution >= 0.6 is 22.9 Å². The molecule has 140 valence electrons. The van der Waals surface area contributed by atoms with E-state index < -0.39 is 10.8 Å². The molecular formula is C17H11ClN6O3S. The number of aromatic nitrogens is 4. The van der Waals surface area contributed by atoms with Crippen LogP contribution in [-0.2, 0) is 0 Å². The van der Waals surface area contributed by atoms with Gasteiger partial charge in [-0.05, 0) is 25.1 Å². The number of nitro groups is 1. The van der Waals surface area contributed by atoms with Crippen LogP contribution in [0.25, 0.3) is 15.5 Å². The SMILES string of the molecule is Cc1nnc2sc(-c3ccccc3NC(=O)c3ccc([N+](=O)[O-])cc3Cl)nn12. The van der Waals surface area contributed by atoms with Crippen molar-refractivity contribution in [1.82, 2.24) is 19.8 Å². The van der Waals surface area contributed by atoms with E-state index in [4.69, 9.17) is 11.6 Å². The van der Waals surface area contributed by atoms with E-state index in [9.17, 15) is 14.9 Å². The minimum atomic E-state index is -0.571. The summed E-state index contributed by atoms with van der Waals surface area (Å²) in [6.45, 7) is 1.80. The van der Waals surface area contributed by atoms with Gasteiger partial charge in [0.2, 0.25) is 4.96 Å². The molecule has 4 aromatic rings. The summed E-state index contributed by atoms with van der Waals surface area (Å²) in [5.41, 5.74) is 1.20. The maximum Gasteiger partial charge on any atom is 0.270 e. The quantitative estimate of drug-likeness (QED) is 0.399. The lowest BCUT2D eigenvalue weighted by Crippen LogP contribution is -2.13. The number of amides is 1. The van der Waals surface area contributed by atoms with Crippen LogP contribution < -0.4 is 5.32 Å². The van der Waals surface area contributed by atoms with Gasteiger partial charge in [0.1, 0.15) is 5.01 Å². The van der Waals surface area contributed by atoms with Crippen LogP contribution in [0.5, 0.6) is 0 Å². The molecule has 9 nitrogen and oxygen atoms in total. The normalized spacial score (nSPS) is 10.9. The van der Waals surface area contributed by atoms with E-state index in [0.717, 1.165) is 6.07 Å². The summed E-state index contributed by atoms with van der Waals surface area (Å²) in [7, 11) is 0. The van der Waals surface area contributed by atoms with Crippen molar-refractivity contribution in [3.63, 3.8) is 0 Å². The second-order valence-electron chi connectivity index (χ2n) is 5.77. The van der Waals surface area contributed by atoms with Crippen LogP contribution in [0.1, 0.15) is 16.2 Å². The molecule has 2 aromatic heterocycles. The van der Waals surface area contributed by atoms with Gasteiger partial charge in [0.25, 0.3) is 11.6 Å². The first-order valence-electron chi connectivity index (χ1n) is 7.97. The minimum Gasteiger partial charge on any atom is -0.321 e. The zero-order valence-electron chi connectivity index (χ0n) is 14.3. The summed E-state index contributed by atoms with van der Waals surface area (Å²) in [4.78, 5) is 23.6. The fourth-order valence-electron chi connectivity index (χ4n) is 2.59. The number of fused-ring (bicyclic) bond motifs is 1. The Balaban J connectivity index is 1.67. The standard InChI is InChI=1S/C17H11ClN6O3S/c1-9-20-21-17-23(9)22-16(28-17)12-4-2-3-5-14(12)19-15(25)11-7-6-10(24(26)27)8-13(11)18/h2-8H,1H3,(H,19,25). The second-order valence-corrected chi connectivity index (χ2v) is 7.13. The number of carbonyl (C=O) groups excluding carboxylic acids is 1. The third-order valence-electron chi connectivity index (χ3n) is 3.96. The number of rotatable bonds is 4. The minimum absolute atomic E-state index is 0.00130. The first-order chi connectivity index (χ1) is 13.4. The van der Waals surface area contributed by atoms with E-state index >= 15 is 0 Å². The first-order valence-corrected chi connectivity index (χ1v) is 9.17. The summed E-state index contributed by atoms with van der Waals surface area (Å²) in [5.74, 6) is 0.184. The molecule has 28 heavy (non-hydrogen) atoms. The van der Waals surface area contributed by atoms with E-state index in [1.165, 1.54) is 23.5 Å². The van der Waals surface area contributed by atoms with Gasteiger partial charge < -0.3 is 5.32 Å². The van der Waals surface area contributed by atoms with Crippen molar-refractivity contribution in [2.75, 3.05) is 5.32 Å². The van der Waals surface area contributed by atoms with Crippen LogP contribution in [-0.4, -0.2) is 30.6 Å². The average Bonchev–Trinajstić information content (AvgIpc) is 3.24. The second kappa shape index (κ2) is 6.98. The summed E-state index contributed by atoms with van der Waals surface area (Å²) in [6.07, 6.45) is 0. The van der Waals surface area contributed by atoms with E-state index in [0.29, 0.717) is 27.0 Å². The predicted octanol–water partition coefficient (Wildman–Crippen LogP) is 3.98. The first kappa shape index (κ1) is 18.0. The number of hydrogen-bond acceptors (Lipinski definition) is 7. The lowest BCUT2D eigenvalue weighted by molar-refractivity contribution is -0.384. The van der Waals surface area contributed by atoms with Crippen LogP contribution in [0.4, 0.5) is 11.4 Å². The molecule has 2 heterocycles. The number of nitro benzene ring substituents is 1. The molecule has 0 aliphatic rings. The number of halogens is 1. The highest BCUT2D eigenvalue weighted by Gasteiger charge is 2.18. The molecule has 0 saturated heterocycles. The maximum atomic E-state index is 12.7. The highest BCUT2D eigenvalue weighted by molar-refractivity contribution is 7.19. The molecule has 2 aromatic carbocycles. The molecule has 0 aliphatic carbocycles. The molecule has 0 fully saturated rings. The third kappa shape index (κ3) is 3.19. The number of anilines is 1. The van der Waals surface area contributed by atoms with Gasteiger partial charge in [-0.3, -0.25) is 14.9 Å². The fraction of sp³-hybridized carbons (Fsp3) is 0.0588. The van der Waals surface area contributed by atoms with Crippen LogP contribution in [0.2, 0.25) is 5.02 Å². The molecule has 0 saturated carbocycles.